The molecule has 0 aliphatic carbocycles. The molecule has 1 amide bonds. The van der Waals surface area contributed by atoms with Crippen LogP contribution in [-0.4, -0.2) is 34.5 Å². The lowest BCUT2D eigenvalue weighted by atomic mass is 10.0. The first kappa shape index (κ1) is 16.7. The van der Waals surface area contributed by atoms with Crippen LogP contribution in [0.4, 0.5) is 5.82 Å². The number of aromatic nitrogens is 2. The highest BCUT2D eigenvalue weighted by atomic mass is 16.2. The van der Waals surface area contributed by atoms with Gasteiger partial charge in [0.2, 0.25) is 5.91 Å². The molecule has 2 aromatic rings. The summed E-state index contributed by atoms with van der Waals surface area (Å²) in [7, 11) is 0. The van der Waals surface area contributed by atoms with Gasteiger partial charge >= 0.3 is 0 Å². The molecule has 0 radical (unpaired) electrons. The monoisotopic (exact) mass is 326 g/mol. The van der Waals surface area contributed by atoms with E-state index in [1.807, 2.05) is 33.8 Å². The molecule has 0 aromatic carbocycles. The lowest BCUT2D eigenvalue weighted by Crippen LogP contribution is -2.44. The first-order chi connectivity index (χ1) is 11.2. The van der Waals surface area contributed by atoms with Crippen molar-refractivity contribution in [3.05, 3.63) is 29.5 Å². The van der Waals surface area contributed by atoms with Crippen molar-refractivity contribution in [1.82, 2.24) is 15.3 Å². The highest BCUT2D eigenvalue weighted by Crippen LogP contribution is 2.25. The van der Waals surface area contributed by atoms with Gasteiger partial charge in [-0.1, -0.05) is 0 Å². The third kappa shape index (κ3) is 3.50. The van der Waals surface area contributed by atoms with Crippen LogP contribution < -0.4 is 10.2 Å². The lowest BCUT2D eigenvalue weighted by Gasteiger charge is -2.23. The topological polar surface area (TPSA) is 58.1 Å². The fourth-order valence-electron chi connectivity index (χ4n) is 3.25. The predicted molar refractivity (Wildman–Crippen MR) is 97.2 cm³/mol. The molecule has 0 bridgehead atoms. The van der Waals surface area contributed by atoms with Crippen LogP contribution in [0.3, 0.4) is 0 Å². The quantitative estimate of drug-likeness (QED) is 0.922. The first-order valence-electron chi connectivity index (χ1n) is 8.55. The van der Waals surface area contributed by atoms with E-state index in [1.54, 1.807) is 0 Å². The van der Waals surface area contributed by atoms with E-state index in [1.165, 1.54) is 5.56 Å². The molecule has 3 rings (SSSR count). The summed E-state index contributed by atoms with van der Waals surface area (Å²) in [5, 5.41) is 4.17. The van der Waals surface area contributed by atoms with Crippen molar-refractivity contribution in [2.75, 3.05) is 18.0 Å². The van der Waals surface area contributed by atoms with Crippen LogP contribution in [0.2, 0.25) is 0 Å². The van der Waals surface area contributed by atoms with Crippen LogP contribution in [0.15, 0.2) is 18.2 Å². The second kappa shape index (κ2) is 6.04. The second-order valence-electron chi connectivity index (χ2n) is 7.79. The molecule has 128 valence electrons. The number of nitrogens with zero attached hydrogens (tertiary/aromatic N) is 3. The summed E-state index contributed by atoms with van der Waals surface area (Å²) < 4.78 is 0. The Morgan fingerprint density at radius 2 is 2.00 bits per heavy atom. The second-order valence-corrected chi connectivity index (χ2v) is 7.79. The van der Waals surface area contributed by atoms with E-state index in [2.05, 4.69) is 34.3 Å². The zero-order valence-corrected chi connectivity index (χ0v) is 15.2. The maximum Gasteiger partial charge on any atom is 0.225 e. The summed E-state index contributed by atoms with van der Waals surface area (Å²) in [6, 6.07) is 6.20. The molecule has 3 heterocycles. The number of pyridine rings is 2. The summed E-state index contributed by atoms with van der Waals surface area (Å²) in [6.45, 7) is 11.7. The Morgan fingerprint density at radius 1 is 1.25 bits per heavy atom. The van der Waals surface area contributed by atoms with Gasteiger partial charge in [0, 0.05) is 29.7 Å². The van der Waals surface area contributed by atoms with Crippen molar-refractivity contribution in [3.63, 3.8) is 0 Å². The molecule has 2 aromatic heterocycles. The molecule has 1 aliphatic rings. The molecule has 5 nitrogen and oxygen atoms in total. The summed E-state index contributed by atoms with van der Waals surface area (Å²) >= 11 is 0. The molecular formula is C19H26N4O. The van der Waals surface area contributed by atoms with Gasteiger partial charge in [0.1, 0.15) is 5.82 Å². The molecule has 24 heavy (non-hydrogen) atoms. The first-order valence-corrected chi connectivity index (χ1v) is 8.55. The summed E-state index contributed by atoms with van der Waals surface area (Å²) in [5.74, 6) is 1.07. The number of carbonyl (C=O) groups is 1. The molecule has 1 N–H and O–H groups in total. The van der Waals surface area contributed by atoms with E-state index in [4.69, 9.17) is 4.98 Å². The summed E-state index contributed by atoms with van der Waals surface area (Å²) in [6.07, 6.45) is 0.863. The lowest BCUT2D eigenvalue weighted by molar-refractivity contribution is -0.125. The average molecular weight is 326 g/mol. The number of rotatable bonds is 2. The van der Waals surface area contributed by atoms with Gasteiger partial charge in [-0.05, 0) is 64.8 Å². The van der Waals surface area contributed by atoms with Crippen molar-refractivity contribution >= 4 is 22.8 Å². The normalized spacial score (nSPS) is 18.2. The molecule has 1 atom stereocenters. The summed E-state index contributed by atoms with van der Waals surface area (Å²) in [5.41, 5.74) is 2.77. The van der Waals surface area contributed by atoms with E-state index < -0.39 is 0 Å². The van der Waals surface area contributed by atoms with Crippen molar-refractivity contribution in [3.8, 4) is 0 Å². The van der Waals surface area contributed by atoms with E-state index in [0.717, 1.165) is 35.5 Å². The number of carbonyl (C=O) groups excluding carboxylic acids is 1. The number of amides is 1. The SMILES string of the molecule is Cc1cc(C)c2ccc(N3CCC(C(=O)NC(C)(C)C)C3)nc2n1. The molecule has 1 saturated heterocycles. The van der Waals surface area contributed by atoms with Gasteiger partial charge in [0.05, 0.1) is 5.92 Å². The Kier molecular flexibility index (Phi) is 4.20. The Labute approximate surface area is 143 Å². The fourth-order valence-corrected chi connectivity index (χ4v) is 3.25. The maximum atomic E-state index is 12.4. The smallest absolute Gasteiger partial charge is 0.225 e. The van der Waals surface area contributed by atoms with Gasteiger partial charge < -0.3 is 10.2 Å². The Hall–Kier alpha value is -2.17. The van der Waals surface area contributed by atoms with Crippen LogP contribution in [0.1, 0.15) is 38.4 Å². The zero-order chi connectivity index (χ0) is 17.5. The van der Waals surface area contributed by atoms with Crippen LogP contribution in [0.25, 0.3) is 11.0 Å². The number of hydrogen-bond donors (Lipinski definition) is 1. The van der Waals surface area contributed by atoms with Crippen molar-refractivity contribution < 1.29 is 4.79 Å². The molecule has 0 saturated carbocycles. The molecule has 0 spiro atoms. The number of hydrogen-bond acceptors (Lipinski definition) is 4. The largest absolute Gasteiger partial charge is 0.356 e. The van der Waals surface area contributed by atoms with E-state index in [0.29, 0.717) is 6.54 Å². The van der Waals surface area contributed by atoms with Gasteiger partial charge in [0.25, 0.3) is 0 Å². The van der Waals surface area contributed by atoms with Gasteiger partial charge in [-0.3, -0.25) is 4.79 Å². The molecule has 1 aliphatic heterocycles. The summed E-state index contributed by atoms with van der Waals surface area (Å²) in [4.78, 5) is 23.8. The van der Waals surface area contributed by atoms with Gasteiger partial charge in [-0.2, -0.15) is 0 Å². The number of anilines is 1. The van der Waals surface area contributed by atoms with Crippen molar-refractivity contribution in [2.24, 2.45) is 5.92 Å². The predicted octanol–water partition coefficient (Wildman–Crippen LogP) is 2.99. The minimum absolute atomic E-state index is 0.0222. The van der Waals surface area contributed by atoms with E-state index in [-0.39, 0.29) is 17.4 Å². The van der Waals surface area contributed by atoms with Crippen LogP contribution >= 0.6 is 0 Å². The Balaban J connectivity index is 1.78. The Morgan fingerprint density at radius 3 is 2.71 bits per heavy atom. The van der Waals surface area contributed by atoms with Gasteiger partial charge in [-0.15, -0.1) is 0 Å². The number of aryl methyl sites for hydroxylation is 2. The third-order valence-electron chi connectivity index (χ3n) is 4.37. The third-order valence-corrected chi connectivity index (χ3v) is 4.37. The van der Waals surface area contributed by atoms with E-state index in [9.17, 15) is 4.79 Å². The Bertz CT molecular complexity index is 779. The zero-order valence-electron chi connectivity index (χ0n) is 15.2. The highest BCUT2D eigenvalue weighted by molar-refractivity contribution is 5.82. The average Bonchev–Trinajstić information content (AvgIpc) is 2.94. The van der Waals surface area contributed by atoms with E-state index >= 15 is 0 Å². The minimum Gasteiger partial charge on any atom is -0.356 e. The molecular weight excluding hydrogens is 300 g/mol. The van der Waals surface area contributed by atoms with Crippen molar-refractivity contribution in [1.29, 1.82) is 0 Å². The number of nitrogens with one attached hydrogen (secondary N) is 1. The van der Waals surface area contributed by atoms with Crippen LogP contribution in [0.5, 0.6) is 0 Å². The molecule has 1 fully saturated rings. The number of fused-ring (bicyclic) bond motifs is 1. The molecule has 1 unspecified atom stereocenters. The minimum atomic E-state index is -0.190. The maximum absolute atomic E-state index is 12.4. The standard InChI is InChI=1S/C19H26N4O/c1-12-10-13(2)20-17-15(12)6-7-16(21-17)23-9-8-14(11-23)18(24)22-19(3,4)5/h6-7,10,14H,8-9,11H2,1-5H3,(H,22,24). The van der Waals surface area contributed by atoms with Crippen LogP contribution in [-0.2, 0) is 4.79 Å². The van der Waals surface area contributed by atoms with Crippen molar-refractivity contribution in [2.45, 2.75) is 46.6 Å². The fraction of sp³-hybridized carbons (Fsp3) is 0.526. The highest BCUT2D eigenvalue weighted by Gasteiger charge is 2.30. The molecule has 5 heteroatoms. The van der Waals surface area contributed by atoms with Gasteiger partial charge in [0.15, 0.2) is 5.65 Å². The van der Waals surface area contributed by atoms with Crippen LogP contribution in [0, 0.1) is 19.8 Å². The van der Waals surface area contributed by atoms with Gasteiger partial charge in [-0.25, -0.2) is 9.97 Å².